The average molecular weight is 310 g/mol. The number of hydrogen-bond donors (Lipinski definition) is 3. The van der Waals surface area contributed by atoms with Crippen LogP contribution in [-0.4, -0.2) is 30.0 Å². The summed E-state index contributed by atoms with van der Waals surface area (Å²) < 4.78 is 5.12. The van der Waals surface area contributed by atoms with Crippen molar-refractivity contribution in [2.45, 2.75) is 45.1 Å². The molecule has 1 fully saturated rings. The molecule has 0 atom stereocenters. The van der Waals surface area contributed by atoms with Gasteiger partial charge in [0.25, 0.3) is 0 Å². The van der Waals surface area contributed by atoms with E-state index in [9.17, 15) is 0 Å². The summed E-state index contributed by atoms with van der Waals surface area (Å²) in [6.45, 7) is 1.93. The molecular formula is C16H26N2O2S. The highest BCUT2D eigenvalue weighted by molar-refractivity contribution is 7.80. The Balaban J connectivity index is 0.000000677. The van der Waals surface area contributed by atoms with Crippen molar-refractivity contribution in [2.24, 2.45) is 0 Å². The smallest absolute Gasteiger partial charge is 0.170 e. The van der Waals surface area contributed by atoms with Crippen LogP contribution < -0.4 is 15.4 Å². The topological polar surface area (TPSA) is 53.5 Å². The lowest BCUT2D eigenvalue weighted by Gasteiger charge is -2.24. The molecular weight excluding hydrogens is 284 g/mol. The first-order valence-electron chi connectivity index (χ1n) is 7.52. The average Bonchev–Trinajstić information content (AvgIpc) is 2.50. The molecule has 118 valence electrons. The molecule has 2 rings (SSSR count). The highest BCUT2D eigenvalue weighted by Gasteiger charge is 2.13. The summed E-state index contributed by atoms with van der Waals surface area (Å²) in [6.07, 6.45) is 6.43. The third-order valence-electron chi connectivity index (χ3n) is 3.29. The number of ether oxygens (including phenoxy) is 1. The van der Waals surface area contributed by atoms with E-state index in [1.54, 1.807) is 14.0 Å². The van der Waals surface area contributed by atoms with E-state index in [0.717, 1.165) is 11.4 Å². The third-order valence-corrected chi connectivity index (χ3v) is 3.51. The quantitative estimate of drug-likeness (QED) is 0.748. The Labute approximate surface area is 132 Å². The first-order valence-corrected chi connectivity index (χ1v) is 7.92. The van der Waals surface area contributed by atoms with E-state index in [4.69, 9.17) is 22.1 Å². The number of anilines is 1. The largest absolute Gasteiger partial charge is 0.497 e. The molecule has 0 heterocycles. The first kappa shape index (κ1) is 17.7. The van der Waals surface area contributed by atoms with Crippen LogP contribution in [0.15, 0.2) is 24.3 Å². The maximum atomic E-state index is 7.57. The summed E-state index contributed by atoms with van der Waals surface area (Å²) in [5.74, 6) is 0.853. The van der Waals surface area contributed by atoms with E-state index in [2.05, 4.69) is 10.6 Å². The second-order valence-electron chi connectivity index (χ2n) is 4.98. The third kappa shape index (κ3) is 7.29. The van der Waals surface area contributed by atoms with E-state index >= 15 is 0 Å². The molecule has 0 bridgehead atoms. The van der Waals surface area contributed by atoms with Gasteiger partial charge in [-0.2, -0.15) is 0 Å². The van der Waals surface area contributed by atoms with Gasteiger partial charge >= 0.3 is 0 Å². The van der Waals surface area contributed by atoms with Crippen LogP contribution in [0.2, 0.25) is 0 Å². The second-order valence-corrected chi connectivity index (χ2v) is 5.39. The minimum atomic E-state index is 0.250. The minimum absolute atomic E-state index is 0.250. The summed E-state index contributed by atoms with van der Waals surface area (Å²) in [7, 11) is 1.66. The van der Waals surface area contributed by atoms with Crippen LogP contribution in [0.1, 0.15) is 39.0 Å². The summed E-state index contributed by atoms with van der Waals surface area (Å²) in [6, 6.07) is 8.32. The molecule has 1 aliphatic rings. The molecule has 0 radical (unpaired) electrons. The van der Waals surface area contributed by atoms with Crippen LogP contribution in [0.3, 0.4) is 0 Å². The van der Waals surface area contributed by atoms with Crippen LogP contribution in [0.5, 0.6) is 5.75 Å². The van der Waals surface area contributed by atoms with E-state index in [1.807, 2.05) is 24.3 Å². The fourth-order valence-corrected chi connectivity index (χ4v) is 2.56. The first-order chi connectivity index (χ1) is 10.2. The SMILES string of the molecule is CCO.COc1ccc(NC(=S)NC2CCCCC2)cc1. The Bertz CT molecular complexity index is 403. The predicted octanol–water partition coefficient (Wildman–Crippen LogP) is 3.31. The van der Waals surface area contributed by atoms with Crippen molar-refractivity contribution in [3.05, 3.63) is 24.3 Å². The molecule has 3 N–H and O–H groups in total. The van der Waals surface area contributed by atoms with Gasteiger partial charge in [-0.25, -0.2) is 0 Å². The Morgan fingerprint density at radius 1 is 1.24 bits per heavy atom. The Hall–Kier alpha value is -1.33. The lowest BCUT2D eigenvalue weighted by Crippen LogP contribution is -2.38. The van der Waals surface area contributed by atoms with E-state index in [1.165, 1.54) is 32.1 Å². The number of aliphatic hydroxyl groups is 1. The van der Waals surface area contributed by atoms with Crippen molar-refractivity contribution in [2.75, 3.05) is 19.0 Å². The standard InChI is InChI=1S/C14H20N2OS.C2H6O/c1-17-13-9-7-12(8-10-13)16-14(18)15-11-5-3-2-4-6-11;1-2-3/h7-11H,2-6H2,1H3,(H2,15,16,18);3H,2H2,1H3. The Morgan fingerprint density at radius 3 is 2.33 bits per heavy atom. The van der Waals surface area contributed by atoms with Crippen molar-refractivity contribution in [1.29, 1.82) is 0 Å². The van der Waals surface area contributed by atoms with Gasteiger partial charge in [-0.05, 0) is 56.2 Å². The lowest BCUT2D eigenvalue weighted by molar-refractivity contribution is 0.318. The number of rotatable bonds is 3. The van der Waals surface area contributed by atoms with Crippen molar-refractivity contribution in [3.63, 3.8) is 0 Å². The van der Waals surface area contributed by atoms with Crippen molar-refractivity contribution >= 4 is 23.0 Å². The number of hydrogen-bond acceptors (Lipinski definition) is 3. The number of methoxy groups -OCH3 is 1. The highest BCUT2D eigenvalue weighted by Crippen LogP contribution is 2.18. The molecule has 5 heteroatoms. The van der Waals surface area contributed by atoms with Crippen LogP contribution in [0.4, 0.5) is 5.69 Å². The zero-order chi connectivity index (χ0) is 15.5. The number of thiocarbonyl (C=S) groups is 1. The molecule has 0 aliphatic heterocycles. The van der Waals surface area contributed by atoms with Gasteiger partial charge in [0.05, 0.1) is 7.11 Å². The van der Waals surface area contributed by atoms with Crippen molar-refractivity contribution < 1.29 is 9.84 Å². The predicted molar refractivity (Wildman–Crippen MR) is 92.0 cm³/mol. The molecule has 0 amide bonds. The van der Waals surface area contributed by atoms with Gasteiger partial charge in [0.1, 0.15) is 5.75 Å². The zero-order valence-electron chi connectivity index (χ0n) is 12.9. The molecule has 1 aliphatic carbocycles. The maximum Gasteiger partial charge on any atom is 0.170 e. The molecule has 0 aromatic heterocycles. The van der Waals surface area contributed by atoms with E-state index < -0.39 is 0 Å². The highest BCUT2D eigenvalue weighted by atomic mass is 32.1. The molecule has 1 aromatic rings. The van der Waals surface area contributed by atoms with Crippen LogP contribution in [-0.2, 0) is 0 Å². The molecule has 0 unspecified atom stereocenters. The molecule has 21 heavy (non-hydrogen) atoms. The van der Waals surface area contributed by atoms with Crippen molar-refractivity contribution in [1.82, 2.24) is 5.32 Å². The maximum absolute atomic E-state index is 7.57. The minimum Gasteiger partial charge on any atom is -0.497 e. The molecule has 0 saturated heterocycles. The van der Waals surface area contributed by atoms with E-state index in [0.29, 0.717) is 11.2 Å². The fraction of sp³-hybridized carbons (Fsp3) is 0.562. The Morgan fingerprint density at radius 2 is 1.81 bits per heavy atom. The van der Waals surface area contributed by atoms with Gasteiger partial charge in [0, 0.05) is 18.3 Å². The van der Waals surface area contributed by atoms with Crippen LogP contribution >= 0.6 is 12.2 Å². The monoisotopic (exact) mass is 310 g/mol. The fourth-order valence-electron chi connectivity index (χ4n) is 2.27. The van der Waals surface area contributed by atoms with Gasteiger partial charge < -0.3 is 20.5 Å². The summed E-state index contributed by atoms with van der Waals surface area (Å²) in [5, 5.41) is 14.9. The summed E-state index contributed by atoms with van der Waals surface area (Å²) >= 11 is 5.32. The summed E-state index contributed by atoms with van der Waals surface area (Å²) in [4.78, 5) is 0. The van der Waals surface area contributed by atoms with Crippen LogP contribution in [0.25, 0.3) is 0 Å². The van der Waals surface area contributed by atoms with Gasteiger partial charge in [-0.15, -0.1) is 0 Å². The van der Waals surface area contributed by atoms with Gasteiger partial charge in [0.15, 0.2) is 5.11 Å². The molecule has 1 saturated carbocycles. The lowest BCUT2D eigenvalue weighted by atomic mass is 9.96. The molecule has 1 aromatic carbocycles. The van der Waals surface area contributed by atoms with Gasteiger partial charge in [-0.1, -0.05) is 19.3 Å². The number of benzene rings is 1. The number of nitrogens with one attached hydrogen (secondary N) is 2. The normalized spacial score (nSPS) is 14.6. The molecule has 4 nitrogen and oxygen atoms in total. The van der Waals surface area contributed by atoms with Gasteiger partial charge in [0.2, 0.25) is 0 Å². The number of aliphatic hydroxyl groups excluding tert-OH is 1. The van der Waals surface area contributed by atoms with Gasteiger partial charge in [-0.3, -0.25) is 0 Å². The molecule has 0 spiro atoms. The van der Waals surface area contributed by atoms with Crippen molar-refractivity contribution in [3.8, 4) is 5.75 Å². The van der Waals surface area contributed by atoms with E-state index in [-0.39, 0.29) is 6.61 Å². The van der Waals surface area contributed by atoms with Crippen LogP contribution in [0, 0.1) is 0 Å². The summed E-state index contributed by atoms with van der Waals surface area (Å²) in [5.41, 5.74) is 0.990. The zero-order valence-corrected chi connectivity index (χ0v) is 13.7. The second kappa shape index (κ2) is 10.4. The Kier molecular flexibility index (Phi) is 8.78.